The molecule has 3 N–H and O–H groups in total. The SMILES string of the molecule is NC(=NCCc1csc2ccccc12)NC1CCCC1. The molecule has 0 atom stereocenters. The predicted molar refractivity (Wildman–Crippen MR) is 87.4 cm³/mol. The van der Waals surface area contributed by atoms with Gasteiger partial charge in [-0.1, -0.05) is 31.0 Å². The molecule has 1 heterocycles. The molecule has 3 nitrogen and oxygen atoms in total. The van der Waals surface area contributed by atoms with Crippen molar-refractivity contribution in [3.05, 3.63) is 35.2 Å². The van der Waals surface area contributed by atoms with E-state index in [1.54, 1.807) is 11.3 Å². The van der Waals surface area contributed by atoms with Crippen LogP contribution in [0.4, 0.5) is 0 Å². The quantitative estimate of drug-likeness (QED) is 0.669. The molecule has 4 heteroatoms. The first kappa shape index (κ1) is 13.4. The van der Waals surface area contributed by atoms with Gasteiger partial charge in [0.1, 0.15) is 0 Å². The fourth-order valence-electron chi connectivity index (χ4n) is 2.85. The Kier molecular flexibility index (Phi) is 4.21. The Hall–Kier alpha value is -1.55. The molecular formula is C16H21N3S. The number of nitrogens with two attached hydrogens (primary N) is 1. The van der Waals surface area contributed by atoms with Crippen molar-refractivity contribution in [3.63, 3.8) is 0 Å². The first-order chi connectivity index (χ1) is 9.83. The van der Waals surface area contributed by atoms with E-state index >= 15 is 0 Å². The van der Waals surface area contributed by atoms with Gasteiger partial charge >= 0.3 is 0 Å². The molecule has 1 aromatic carbocycles. The van der Waals surface area contributed by atoms with Gasteiger partial charge in [-0.05, 0) is 41.7 Å². The first-order valence-corrected chi connectivity index (χ1v) is 8.22. The van der Waals surface area contributed by atoms with Gasteiger partial charge < -0.3 is 11.1 Å². The van der Waals surface area contributed by atoms with Gasteiger partial charge in [-0.3, -0.25) is 4.99 Å². The Labute approximate surface area is 123 Å². The van der Waals surface area contributed by atoms with Crippen LogP contribution in [0.25, 0.3) is 10.1 Å². The molecule has 106 valence electrons. The van der Waals surface area contributed by atoms with Crippen LogP contribution in [0.15, 0.2) is 34.6 Å². The molecule has 1 aliphatic rings. The molecule has 2 aromatic rings. The van der Waals surface area contributed by atoms with Crippen LogP contribution >= 0.6 is 11.3 Å². The zero-order chi connectivity index (χ0) is 13.8. The van der Waals surface area contributed by atoms with Gasteiger partial charge in [-0.15, -0.1) is 11.3 Å². The van der Waals surface area contributed by atoms with Crippen LogP contribution in [-0.4, -0.2) is 18.5 Å². The van der Waals surface area contributed by atoms with Crippen LogP contribution in [-0.2, 0) is 6.42 Å². The normalized spacial score (nSPS) is 16.9. The van der Waals surface area contributed by atoms with Crippen LogP contribution in [0.3, 0.4) is 0 Å². The number of benzene rings is 1. The number of thiophene rings is 1. The molecule has 1 saturated carbocycles. The summed E-state index contributed by atoms with van der Waals surface area (Å²) in [5, 5.41) is 6.92. The molecule has 0 saturated heterocycles. The smallest absolute Gasteiger partial charge is 0.188 e. The van der Waals surface area contributed by atoms with Crippen molar-refractivity contribution in [2.45, 2.75) is 38.1 Å². The maximum Gasteiger partial charge on any atom is 0.188 e. The average molecular weight is 287 g/mol. The highest BCUT2D eigenvalue weighted by atomic mass is 32.1. The van der Waals surface area contributed by atoms with E-state index in [-0.39, 0.29) is 0 Å². The number of nitrogens with zero attached hydrogens (tertiary/aromatic N) is 1. The minimum Gasteiger partial charge on any atom is -0.370 e. The summed E-state index contributed by atoms with van der Waals surface area (Å²) in [6.07, 6.45) is 6.03. The number of guanidine groups is 1. The van der Waals surface area contributed by atoms with Crippen molar-refractivity contribution < 1.29 is 0 Å². The highest BCUT2D eigenvalue weighted by molar-refractivity contribution is 7.17. The monoisotopic (exact) mass is 287 g/mol. The van der Waals surface area contributed by atoms with E-state index in [0.717, 1.165) is 13.0 Å². The molecule has 1 aliphatic carbocycles. The Morgan fingerprint density at radius 2 is 2.10 bits per heavy atom. The zero-order valence-electron chi connectivity index (χ0n) is 11.6. The zero-order valence-corrected chi connectivity index (χ0v) is 12.5. The highest BCUT2D eigenvalue weighted by Crippen LogP contribution is 2.25. The van der Waals surface area contributed by atoms with E-state index in [9.17, 15) is 0 Å². The molecule has 0 spiro atoms. The molecule has 0 unspecified atom stereocenters. The molecule has 1 fully saturated rings. The lowest BCUT2D eigenvalue weighted by atomic mass is 10.1. The van der Waals surface area contributed by atoms with Crippen LogP contribution < -0.4 is 11.1 Å². The highest BCUT2D eigenvalue weighted by Gasteiger charge is 2.14. The summed E-state index contributed by atoms with van der Waals surface area (Å²) >= 11 is 1.80. The summed E-state index contributed by atoms with van der Waals surface area (Å²) in [5.74, 6) is 0.608. The number of aliphatic imine (C=N–C) groups is 1. The first-order valence-electron chi connectivity index (χ1n) is 7.34. The number of fused-ring (bicyclic) bond motifs is 1. The number of hydrogen-bond donors (Lipinski definition) is 2. The van der Waals surface area contributed by atoms with Crippen LogP contribution in [0, 0.1) is 0 Å². The summed E-state index contributed by atoms with van der Waals surface area (Å²) < 4.78 is 1.35. The minimum atomic E-state index is 0.542. The lowest BCUT2D eigenvalue weighted by Gasteiger charge is -2.12. The van der Waals surface area contributed by atoms with Crippen molar-refractivity contribution in [2.75, 3.05) is 6.54 Å². The topological polar surface area (TPSA) is 50.4 Å². The Balaban J connectivity index is 1.56. The van der Waals surface area contributed by atoms with E-state index in [4.69, 9.17) is 5.73 Å². The minimum absolute atomic E-state index is 0.542. The molecule has 0 aliphatic heterocycles. The maximum absolute atomic E-state index is 5.95. The van der Waals surface area contributed by atoms with Crippen molar-refractivity contribution in [2.24, 2.45) is 10.7 Å². The third-order valence-electron chi connectivity index (χ3n) is 3.93. The van der Waals surface area contributed by atoms with Crippen molar-refractivity contribution in [3.8, 4) is 0 Å². The predicted octanol–water partition coefficient (Wildman–Crippen LogP) is 3.29. The molecule has 1 aromatic heterocycles. The Bertz CT molecular complexity index is 597. The molecule has 0 bridgehead atoms. The fourth-order valence-corrected chi connectivity index (χ4v) is 3.85. The van der Waals surface area contributed by atoms with Crippen LogP contribution in [0.5, 0.6) is 0 Å². The van der Waals surface area contributed by atoms with Gasteiger partial charge in [-0.25, -0.2) is 0 Å². The van der Waals surface area contributed by atoms with Gasteiger partial charge in [0.05, 0.1) is 0 Å². The molecule has 0 amide bonds. The van der Waals surface area contributed by atoms with Crippen molar-refractivity contribution in [1.29, 1.82) is 0 Å². The van der Waals surface area contributed by atoms with Crippen molar-refractivity contribution in [1.82, 2.24) is 5.32 Å². The Morgan fingerprint density at radius 1 is 1.30 bits per heavy atom. The van der Waals surface area contributed by atoms with E-state index in [1.165, 1.54) is 41.3 Å². The number of nitrogens with one attached hydrogen (secondary N) is 1. The van der Waals surface area contributed by atoms with Crippen LogP contribution in [0.1, 0.15) is 31.2 Å². The fraction of sp³-hybridized carbons (Fsp3) is 0.438. The molecular weight excluding hydrogens is 266 g/mol. The summed E-state index contributed by atoms with van der Waals surface area (Å²) in [6, 6.07) is 9.08. The van der Waals surface area contributed by atoms with E-state index < -0.39 is 0 Å². The van der Waals surface area contributed by atoms with Gasteiger partial charge in [0, 0.05) is 17.3 Å². The number of rotatable bonds is 4. The second-order valence-electron chi connectivity index (χ2n) is 5.40. The van der Waals surface area contributed by atoms with Crippen molar-refractivity contribution >= 4 is 27.4 Å². The second kappa shape index (κ2) is 6.27. The van der Waals surface area contributed by atoms with Gasteiger partial charge in [0.25, 0.3) is 0 Å². The largest absolute Gasteiger partial charge is 0.370 e. The lowest BCUT2D eigenvalue weighted by molar-refractivity contribution is 0.625. The lowest BCUT2D eigenvalue weighted by Crippen LogP contribution is -2.38. The standard InChI is InChI=1S/C16H21N3S/c17-16(19-13-5-1-2-6-13)18-10-9-12-11-20-15-8-4-3-7-14(12)15/h3-4,7-8,11,13H,1-2,5-6,9-10H2,(H3,17,18,19). The Morgan fingerprint density at radius 3 is 2.95 bits per heavy atom. The summed E-state index contributed by atoms with van der Waals surface area (Å²) in [7, 11) is 0. The third kappa shape index (κ3) is 3.12. The van der Waals surface area contributed by atoms with E-state index in [1.807, 2.05) is 0 Å². The van der Waals surface area contributed by atoms with E-state index in [2.05, 4.69) is 40.0 Å². The number of hydrogen-bond acceptors (Lipinski definition) is 2. The van der Waals surface area contributed by atoms with Gasteiger partial charge in [0.2, 0.25) is 0 Å². The van der Waals surface area contributed by atoms with Crippen LogP contribution in [0.2, 0.25) is 0 Å². The molecule has 20 heavy (non-hydrogen) atoms. The summed E-state index contributed by atoms with van der Waals surface area (Å²) in [6.45, 7) is 0.756. The van der Waals surface area contributed by atoms with E-state index in [0.29, 0.717) is 12.0 Å². The average Bonchev–Trinajstić information content (AvgIpc) is 3.09. The third-order valence-corrected chi connectivity index (χ3v) is 4.94. The second-order valence-corrected chi connectivity index (χ2v) is 6.31. The summed E-state index contributed by atoms with van der Waals surface area (Å²) in [5.41, 5.74) is 7.32. The molecule has 0 radical (unpaired) electrons. The summed E-state index contributed by atoms with van der Waals surface area (Å²) in [4.78, 5) is 4.46. The molecule has 3 rings (SSSR count). The maximum atomic E-state index is 5.95. The van der Waals surface area contributed by atoms with Gasteiger partial charge in [0.15, 0.2) is 5.96 Å². The van der Waals surface area contributed by atoms with Gasteiger partial charge in [-0.2, -0.15) is 0 Å².